The number of ketones is 1. The van der Waals surface area contributed by atoms with Crippen molar-refractivity contribution < 1.29 is 4.79 Å². The summed E-state index contributed by atoms with van der Waals surface area (Å²) < 4.78 is 1.91. The van der Waals surface area contributed by atoms with Crippen LogP contribution in [0.25, 0.3) is 16.9 Å². The smallest absolute Gasteiger partial charge is 0.234 e. The van der Waals surface area contributed by atoms with Gasteiger partial charge in [0.1, 0.15) is 0 Å². The Morgan fingerprint density at radius 1 is 1.00 bits per heavy atom. The van der Waals surface area contributed by atoms with Crippen LogP contribution in [0.5, 0.6) is 0 Å². The largest absolute Gasteiger partial charge is 0.292 e. The molecule has 3 aromatic rings. The van der Waals surface area contributed by atoms with Crippen LogP contribution in [-0.4, -0.2) is 20.3 Å². The van der Waals surface area contributed by atoms with Crippen LogP contribution < -0.4 is 0 Å². The van der Waals surface area contributed by atoms with Gasteiger partial charge in [-0.05, 0) is 31.0 Å². The van der Waals surface area contributed by atoms with Gasteiger partial charge in [0, 0.05) is 23.7 Å². The molecule has 4 heteroatoms. The molecule has 0 N–H and O–H groups in total. The van der Waals surface area contributed by atoms with Crippen LogP contribution in [0.4, 0.5) is 0 Å². The lowest BCUT2D eigenvalue weighted by molar-refractivity contribution is 0.0882. The summed E-state index contributed by atoms with van der Waals surface area (Å²) in [6, 6.07) is 11.8. The van der Waals surface area contributed by atoms with Crippen LogP contribution in [0.15, 0.2) is 48.8 Å². The molecular formula is C19H19N3O. The molecule has 0 unspecified atom stereocenters. The predicted molar refractivity (Wildman–Crippen MR) is 89.8 cm³/mol. The van der Waals surface area contributed by atoms with Crippen molar-refractivity contribution in [3.05, 3.63) is 54.5 Å². The number of nitrogens with zero attached hydrogens (tertiary/aromatic N) is 3. The van der Waals surface area contributed by atoms with Gasteiger partial charge in [-0.15, -0.1) is 0 Å². The van der Waals surface area contributed by atoms with Gasteiger partial charge in [-0.2, -0.15) is 0 Å². The van der Waals surface area contributed by atoms with E-state index in [2.05, 4.69) is 9.97 Å². The highest BCUT2D eigenvalue weighted by atomic mass is 16.1. The average Bonchev–Trinajstić information content (AvgIpc) is 3.02. The number of fused-ring (bicyclic) bond motifs is 1. The molecule has 1 aliphatic rings. The van der Waals surface area contributed by atoms with Gasteiger partial charge in [-0.1, -0.05) is 37.5 Å². The third-order valence-electron chi connectivity index (χ3n) is 4.69. The van der Waals surface area contributed by atoms with Crippen molar-refractivity contribution in [2.45, 2.75) is 32.1 Å². The Hall–Kier alpha value is -2.49. The number of Topliss-reactive ketones (excluding diaryl/α,β-unsaturated/α-hetero) is 1. The highest BCUT2D eigenvalue weighted by Gasteiger charge is 2.26. The van der Waals surface area contributed by atoms with Gasteiger partial charge in [0.2, 0.25) is 5.95 Å². The van der Waals surface area contributed by atoms with Crippen LogP contribution in [-0.2, 0) is 0 Å². The minimum atomic E-state index is 0.135. The summed E-state index contributed by atoms with van der Waals surface area (Å²) in [5.74, 6) is 0.928. The standard InChI is InChI=1S/C19H19N3O/c23-18(14-7-2-1-3-8-14)17-13-15-9-4-5-10-16(15)22(17)19-20-11-6-12-21-19/h4-6,9-14H,1-3,7-8H2. The number of carbonyl (C=O) groups is 1. The molecule has 1 aromatic carbocycles. The molecule has 116 valence electrons. The summed E-state index contributed by atoms with van der Waals surface area (Å²) in [5, 5.41) is 1.05. The van der Waals surface area contributed by atoms with E-state index in [1.165, 1.54) is 6.42 Å². The second kappa shape index (κ2) is 5.95. The first-order valence-electron chi connectivity index (χ1n) is 8.27. The molecule has 0 aliphatic heterocycles. The maximum absolute atomic E-state index is 13.1. The monoisotopic (exact) mass is 305 g/mol. The number of carbonyl (C=O) groups excluding carboxylic acids is 1. The van der Waals surface area contributed by atoms with Gasteiger partial charge in [-0.3, -0.25) is 9.36 Å². The van der Waals surface area contributed by atoms with Crippen LogP contribution in [0.1, 0.15) is 42.6 Å². The summed E-state index contributed by atoms with van der Waals surface area (Å²) in [7, 11) is 0. The normalized spacial score (nSPS) is 15.8. The number of para-hydroxylation sites is 1. The lowest BCUT2D eigenvalue weighted by Crippen LogP contribution is -2.21. The van der Waals surface area contributed by atoms with Gasteiger partial charge >= 0.3 is 0 Å². The van der Waals surface area contributed by atoms with E-state index in [4.69, 9.17) is 0 Å². The Morgan fingerprint density at radius 2 is 1.74 bits per heavy atom. The van der Waals surface area contributed by atoms with Crippen LogP contribution in [0.2, 0.25) is 0 Å². The number of hydrogen-bond acceptors (Lipinski definition) is 3. The van der Waals surface area contributed by atoms with Crippen molar-refractivity contribution in [3.8, 4) is 5.95 Å². The molecule has 2 heterocycles. The van der Waals surface area contributed by atoms with Gasteiger partial charge in [0.25, 0.3) is 0 Å². The van der Waals surface area contributed by atoms with E-state index in [-0.39, 0.29) is 11.7 Å². The first-order valence-corrected chi connectivity index (χ1v) is 8.27. The molecule has 0 amide bonds. The zero-order valence-electron chi connectivity index (χ0n) is 13.0. The maximum atomic E-state index is 13.1. The molecule has 0 radical (unpaired) electrons. The van der Waals surface area contributed by atoms with Gasteiger partial charge in [0.15, 0.2) is 5.78 Å². The van der Waals surface area contributed by atoms with Crippen molar-refractivity contribution in [1.29, 1.82) is 0 Å². The van der Waals surface area contributed by atoms with E-state index < -0.39 is 0 Å². The molecule has 1 fully saturated rings. The second-order valence-electron chi connectivity index (χ2n) is 6.17. The van der Waals surface area contributed by atoms with Crippen molar-refractivity contribution in [2.24, 2.45) is 5.92 Å². The molecule has 0 saturated heterocycles. The third-order valence-corrected chi connectivity index (χ3v) is 4.69. The minimum absolute atomic E-state index is 0.135. The summed E-state index contributed by atoms with van der Waals surface area (Å²) in [6.07, 6.45) is 8.97. The lowest BCUT2D eigenvalue weighted by atomic mass is 9.85. The highest BCUT2D eigenvalue weighted by molar-refractivity contribution is 6.02. The number of rotatable bonds is 3. The summed E-state index contributed by atoms with van der Waals surface area (Å²) in [5.41, 5.74) is 1.70. The fraction of sp³-hybridized carbons (Fsp3) is 0.316. The van der Waals surface area contributed by atoms with Gasteiger partial charge in [0.05, 0.1) is 11.2 Å². The van der Waals surface area contributed by atoms with E-state index >= 15 is 0 Å². The quantitative estimate of drug-likeness (QED) is 0.682. The molecule has 1 aliphatic carbocycles. The second-order valence-corrected chi connectivity index (χ2v) is 6.17. The van der Waals surface area contributed by atoms with Crippen molar-refractivity contribution in [3.63, 3.8) is 0 Å². The highest BCUT2D eigenvalue weighted by Crippen LogP contribution is 2.30. The van der Waals surface area contributed by atoms with Gasteiger partial charge in [-0.25, -0.2) is 9.97 Å². The first kappa shape index (κ1) is 14.1. The van der Waals surface area contributed by atoms with Crippen LogP contribution in [0.3, 0.4) is 0 Å². The summed E-state index contributed by atoms with van der Waals surface area (Å²) in [4.78, 5) is 21.8. The van der Waals surface area contributed by atoms with Crippen LogP contribution >= 0.6 is 0 Å². The van der Waals surface area contributed by atoms with E-state index in [0.29, 0.717) is 11.6 Å². The fourth-order valence-corrected chi connectivity index (χ4v) is 3.53. The van der Waals surface area contributed by atoms with E-state index in [1.54, 1.807) is 18.5 Å². The Bertz CT molecular complexity index is 832. The third kappa shape index (κ3) is 2.54. The van der Waals surface area contributed by atoms with Crippen LogP contribution in [0, 0.1) is 5.92 Å². The minimum Gasteiger partial charge on any atom is -0.292 e. The van der Waals surface area contributed by atoms with Crippen molar-refractivity contribution in [2.75, 3.05) is 0 Å². The van der Waals surface area contributed by atoms with Gasteiger partial charge < -0.3 is 0 Å². The first-order chi connectivity index (χ1) is 11.3. The Morgan fingerprint density at radius 3 is 2.52 bits per heavy atom. The molecule has 0 bridgehead atoms. The molecule has 23 heavy (non-hydrogen) atoms. The molecular weight excluding hydrogens is 286 g/mol. The van der Waals surface area contributed by atoms with Crippen molar-refractivity contribution >= 4 is 16.7 Å². The SMILES string of the molecule is O=C(c1cc2ccccc2n1-c1ncccn1)C1CCCCC1. The maximum Gasteiger partial charge on any atom is 0.234 e. The average molecular weight is 305 g/mol. The number of hydrogen-bond donors (Lipinski definition) is 0. The summed E-state index contributed by atoms with van der Waals surface area (Å²) >= 11 is 0. The van der Waals surface area contributed by atoms with E-state index in [1.807, 2.05) is 34.9 Å². The zero-order chi connectivity index (χ0) is 15.6. The van der Waals surface area contributed by atoms with Crippen molar-refractivity contribution in [1.82, 2.24) is 14.5 Å². The topological polar surface area (TPSA) is 47.8 Å². The fourth-order valence-electron chi connectivity index (χ4n) is 3.53. The number of aromatic nitrogens is 3. The van der Waals surface area contributed by atoms with E-state index in [0.717, 1.165) is 36.6 Å². The molecule has 4 nitrogen and oxygen atoms in total. The Balaban J connectivity index is 1.87. The summed E-state index contributed by atoms with van der Waals surface area (Å²) in [6.45, 7) is 0. The zero-order valence-corrected chi connectivity index (χ0v) is 13.0. The number of benzene rings is 1. The molecule has 1 saturated carbocycles. The predicted octanol–water partition coefficient (Wildman–Crippen LogP) is 4.18. The molecule has 0 atom stereocenters. The molecule has 0 spiro atoms. The molecule has 4 rings (SSSR count). The Kier molecular flexibility index (Phi) is 3.66. The van der Waals surface area contributed by atoms with E-state index in [9.17, 15) is 4.79 Å². The molecule has 2 aromatic heterocycles. The lowest BCUT2D eigenvalue weighted by Gasteiger charge is -2.20. The Labute approximate surface area is 135 Å².